The monoisotopic (exact) mass is 380 g/mol. The Morgan fingerprint density at radius 3 is 2.36 bits per heavy atom. The number of hydrogen-bond acceptors (Lipinski definition) is 2. The molecule has 0 spiro atoms. The van der Waals surface area contributed by atoms with Crippen molar-refractivity contribution in [2.75, 3.05) is 5.01 Å². The fraction of sp³-hybridized carbons (Fsp3) is 0.111. The van der Waals surface area contributed by atoms with Crippen LogP contribution in [-0.2, 0) is 9.59 Å². The number of carbonyl (C=O) groups excluding carboxylic acids is 2. The molecule has 1 aliphatic rings. The van der Waals surface area contributed by atoms with E-state index in [0.717, 1.165) is 31.5 Å². The number of anilines is 1. The van der Waals surface area contributed by atoms with E-state index in [1.54, 1.807) is 0 Å². The molecular weight excluding hydrogens is 372 g/mol. The van der Waals surface area contributed by atoms with E-state index in [1.165, 1.54) is 8.13 Å². The van der Waals surface area contributed by atoms with Crippen LogP contribution < -0.4 is 13.6 Å². The molecule has 5 heteroatoms. The molecule has 1 aromatic carbocycles. The van der Waals surface area contributed by atoms with Crippen LogP contribution in [0.25, 0.3) is 0 Å². The molecule has 1 heterocycles. The predicted molar refractivity (Wildman–Crippen MR) is 52.1 cm³/mol. The van der Waals surface area contributed by atoms with Gasteiger partial charge in [0.05, 0.1) is 0 Å². The third kappa shape index (κ3) is 1.79. The van der Waals surface area contributed by atoms with Gasteiger partial charge in [0.15, 0.2) is 0 Å². The number of carbonyl (C=O) groups is 2. The van der Waals surface area contributed by atoms with Crippen LogP contribution in [0.4, 0.5) is 5.69 Å². The van der Waals surface area contributed by atoms with Crippen LogP contribution in [0.2, 0.25) is 0 Å². The minimum atomic E-state index is -0.244. The average Bonchev–Trinajstić information content (AvgIpc) is 2.47. The Morgan fingerprint density at radius 2 is 1.86 bits per heavy atom. The van der Waals surface area contributed by atoms with Crippen LogP contribution >= 0.6 is 0 Å². The minimum absolute atomic E-state index is 0.0512. The normalized spacial score (nSPS) is 15.8. The van der Waals surface area contributed by atoms with Crippen LogP contribution in [-0.4, -0.2) is 37.6 Å². The molecule has 0 aromatic heterocycles. The number of nitrogens with one attached hydrogen (secondary N) is 1. The van der Waals surface area contributed by atoms with Gasteiger partial charge < -0.3 is 0 Å². The zero-order valence-corrected chi connectivity index (χ0v) is 11.8. The van der Waals surface area contributed by atoms with Gasteiger partial charge in [0.1, 0.15) is 0 Å². The van der Waals surface area contributed by atoms with Gasteiger partial charge >= 0.3 is 97.1 Å². The third-order valence-corrected chi connectivity index (χ3v) is 3.45. The molecule has 14 heavy (non-hydrogen) atoms. The molecule has 2 rings (SSSR count). The molecule has 68 valence electrons. The van der Waals surface area contributed by atoms with Crippen molar-refractivity contribution in [3.05, 3.63) is 24.3 Å². The molecule has 0 saturated carbocycles. The molecule has 0 aliphatic carbocycles. The maximum absolute atomic E-state index is 11.3. The van der Waals surface area contributed by atoms with E-state index in [0.29, 0.717) is 0 Å². The van der Waals surface area contributed by atoms with E-state index in [2.05, 4.69) is 5.43 Å². The Bertz CT molecular complexity index is 388. The van der Waals surface area contributed by atoms with Crippen molar-refractivity contribution in [2.24, 2.45) is 0 Å². The summed E-state index contributed by atoms with van der Waals surface area (Å²) in [4.78, 5) is 22.3. The first-order valence-electron chi connectivity index (χ1n) is 4.15. The van der Waals surface area contributed by atoms with Gasteiger partial charge in [0.2, 0.25) is 0 Å². The second kappa shape index (κ2) is 3.68. The molecule has 0 atom stereocenters. The van der Waals surface area contributed by atoms with E-state index >= 15 is 0 Å². The van der Waals surface area contributed by atoms with E-state index < -0.39 is 0 Å². The standard InChI is InChI=1S/C9H7N2O2.Tl/c12-8-6-9(13)11(10-8)7-4-2-1-3-5-7;/h2-5H,6H2,(H,10,12);. The zero-order chi connectivity index (χ0) is 10.1. The molecule has 1 N–H and O–H groups in total. The summed E-state index contributed by atoms with van der Waals surface area (Å²) >= 11 is 0.790. The van der Waals surface area contributed by atoms with E-state index in [1.807, 2.05) is 24.3 Å². The topological polar surface area (TPSA) is 49.4 Å². The molecule has 1 saturated heterocycles. The van der Waals surface area contributed by atoms with Crippen molar-refractivity contribution in [1.82, 2.24) is 5.43 Å². The van der Waals surface area contributed by atoms with Gasteiger partial charge in [-0.05, 0) is 0 Å². The maximum atomic E-state index is 11.3. The summed E-state index contributed by atoms with van der Waals surface area (Å²) < 4.78 is 1.28. The summed E-state index contributed by atoms with van der Waals surface area (Å²) in [6.45, 7) is 0. The third-order valence-electron chi connectivity index (χ3n) is 1.95. The Labute approximate surface area is 96.9 Å². The number of amides is 2. The molecule has 0 unspecified atom stereocenters. The summed E-state index contributed by atoms with van der Waals surface area (Å²) in [6, 6.07) is 7.63. The summed E-state index contributed by atoms with van der Waals surface area (Å²) in [7, 11) is 0. The van der Waals surface area contributed by atoms with Crippen molar-refractivity contribution in [3.8, 4) is 0 Å². The quantitative estimate of drug-likeness (QED) is 0.516. The molecule has 1 aliphatic heterocycles. The van der Waals surface area contributed by atoms with Crippen molar-refractivity contribution >= 4 is 46.4 Å². The predicted octanol–water partition coefficient (Wildman–Crippen LogP) is -0.752. The van der Waals surface area contributed by atoms with Crippen molar-refractivity contribution in [3.63, 3.8) is 0 Å². The first-order chi connectivity index (χ1) is 6.66. The van der Waals surface area contributed by atoms with E-state index in [-0.39, 0.29) is 18.2 Å². The zero-order valence-electron chi connectivity index (χ0n) is 7.36. The molecule has 4 nitrogen and oxygen atoms in total. The first kappa shape index (κ1) is 9.63. The Morgan fingerprint density at radius 1 is 1.21 bits per heavy atom. The Kier molecular flexibility index (Phi) is 2.53. The van der Waals surface area contributed by atoms with Gasteiger partial charge in [-0.3, -0.25) is 0 Å². The Hall–Kier alpha value is -0.918. The average molecular weight is 380 g/mol. The molecule has 2 amide bonds. The van der Waals surface area contributed by atoms with E-state index in [4.69, 9.17) is 0 Å². The van der Waals surface area contributed by atoms with Crippen molar-refractivity contribution < 1.29 is 9.59 Å². The number of benzene rings is 1. The summed E-state index contributed by atoms with van der Waals surface area (Å²) in [5.41, 5.74) is 3.22. The number of hydrogen-bond donors (Lipinski definition) is 1. The van der Waals surface area contributed by atoms with Crippen LogP contribution in [0.1, 0.15) is 6.42 Å². The van der Waals surface area contributed by atoms with Crippen molar-refractivity contribution in [2.45, 2.75) is 6.42 Å². The van der Waals surface area contributed by atoms with Gasteiger partial charge in [0.25, 0.3) is 0 Å². The second-order valence-electron chi connectivity index (χ2n) is 3.03. The molecule has 0 radical (unpaired) electrons. The van der Waals surface area contributed by atoms with Crippen LogP contribution in [0.15, 0.2) is 24.3 Å². The molecule has 1 fully saturated rings. The number of nitrogens with zero attached hydrogens (tertiary/aromatic N) is 1. The number of hydrazine groups is 1. The van der Waals surface area contributed by atoms with Crippen LogP contribution in [0, 0.1) is 0 Å². The second-order valence-corrected chi connectivity index (χ2v) is 5.62. The van der Waals surface area contributed by atoms with Crippen molar-refractivity contribution in [1.29, 1.82) is 0 Å². The molecule has 0 bridgehead atoms. The van der Waals surface area contributed by atoms with Gasteiger partial charge in [-0.15, -0.1) is 0 Å². The summed E-state index contributed by atoms with van der Waals surface area (Å²) in [5.74, 6) is -0.439. The SMILES string of the molecule is O=C1CC(=O)N(c2cc[c]([Tl])cc2)N1. The molecule has 1 aromatic rings. The van der Waals surface area contributed by atoms with Gasteiger partial charge in [-0.2, -0.15) is 0 Å². The van der Waals surface area contributed by atoms with Gasteiger partial charge in [-0.25, -0.2) is 0 Å². The fourth-order valence-corrected chi connectivity index (χ4v) is 2.02. The van der Waals surface area contributed by atoms with E-state index in [9.17, 15) is 9.59 Å². The first-order valence-corrected chi connectivity index (χ1v) is 6.39. The van der Waals surface area contributed by atoms with Crippen LogP contribution in [0.3, 0.4) is 0 Å². The van der Waals surface area contributed by atoms with Gasteiger partial charge in [0, 0.05) is 0 Å². The van der Waals surface area contributed by atoms with Crippen LogP contribution in [0.5, 0.6) is 0 Å². The summed E-state index contributed by atoms with van der Waals surface area (Å²) in [5, 5.41) is 1.30. The van der Waals surface area contributed by atoms with Gasteiger partial charge in [-0.1, -0.05) is 0 Å². The number of rotatable bonds is 1. The fourth-order valence-electron chi connectivity index (χ4n) is 1.27. The Balaban J connectivity index is 2.27. The summed E-state index contributed by atoms with van der Waals surface area (Å²) in [6.07, 6.45) is -0.0512. The molecular formula is C9H7N2O2Tl.